The minimum Gasteiger partial charge on any atom is -0.343 e. The molecule has 6 aliphatic rings. The minimum atomic E-state index is 0.0127. The van der Waals surface area contributed by atoms with Gasteiger partial charge in [-0.2, -0.15) is 4.37 Å². The number of hydrogen-bond donors (Lipinski definition) is 0. The fraction of sp³-hybridized carbons (Fsp3) is 0.850. The first kappa shape index (κ1) is 15.8. The molecule has 5 nitrogen and oxygen atoms in total. The topological polar surface area (TPSA) is 49.3 Å². The lowest BCUT2D eigenvalue weighted by Crippen LogP contribution is -2.58. The first-order chi connectivity index (χ1) is 12.7. The summed E-state index contributed by atoms with van der Waals surface area (Å²) in [4.78, 5) is 22.8. The van der Waals surface area contributed by atoms with Crippen molar-refractivity contribution < 1.29 is 4.79 Å². The molecule has 5 aliphatic carbocycles. The molecule has 6 heteroatoms. The van der Waals surface area contributed by atoms with E-state index in [4.69, 9.17) is 4.98 Å². The zero-order chi connectivity index (χ0) is 17.3. The molecule has 1 saturated heterocycles. The van der Waals surface area contributed by atoms with E-state index < -0.39 is 0 Å². The fourth-order valence-electron chi connectivity index (χ4n) is 6.67. The molecule has 0 N–H and O–H groups in total. The zero-order valence-electron chi connectivity index (χ0n) is 15.4. The Hall–Kier alpha value is -1.17. The summed E-state index contributed by atoms with van der Waals surface area (Å²) in [7, 11) is 0. The molecule has 2 heterocycles. The largest absolute Gasteiger partial charge is 0.343 e. The SMILES string of the molecule is O=C(N1CCN(c2nc(C3CC3)ns2)CC1)C12CC3CC(CC(C3)C1)C2. The van der Waals surface area contributed by atoms with Crippen molar-refractivity contribution in [3.8, 4) is 0 Å². The predicted octanol–water partition coefficient (Wildman–Crippen LogP) is 3.28. The minimum absolute atomic E-state index is 0.0127. The van der Waals surface area contributed by atoms with E-state index in [1.54, 1.807) is 11.5 Å². The highest BCUT2D eigenvalue weighted by Gasteiger charge is 2.55. The van der Waals surface area contributed by atoms with E-state index in [1.807, 2.05) is 0 Å². The average molecular weight is 373 g/mol. The van der Waals surface area contributed by atoms with Gasteiger partial charge in [0.25, 0.3) is 0 Å². The number of hydrogen-bond acceptors (Lipinski definition) is 5. The van der Waals surface area contributed by atoms with Crippen LogP contribution in [0.3, 0.4) is 0 Å². The van der Waals surface area contributed by atoms with Gasteiger partial charge in [0, 0.05) is 43.6 Å². The molecule has 0 aromatic carbocycles. The van der Waals surface area contributed by atoms with Crippen molar-refractivity contribution in [1.82, 2.24) is 14.3 Å². The van der Waals surface area contributed by atoms with Crippen molar-refractivity contribution in [1.29, 1.82) is 0 Å². The molecule has 140 valence electrons. The molecular formula is C20H28N4OS. The van der Waals surface area contributed by atoms with Crippen molar-refractivity contribution >= 4 is 22.6 Å². The Morgan fingerprint density at radius 2 is 1.58 bits per heavy atom. The number of carbonyl (C=O) groups excluding carboxylic acids is 1. The van der Waals surface area contributed by atoms with Gasteiger partial charge in [-0.3, -0.25) is 4.79 Å². The van der Waals surface area contributed by atoms with Gasteiger partial charge in [-0.05, 0) is 69.1 Å². The summed E-state index contributed by atoms with van der Waals surface area (Å²) in [6, 6.07) is 0. The number of nitrogens with zero attached hydrogens (tertiary/aromatic N) is 4. The Bertz CT molecular complexity index is 684. The van der Waals surface area contributed by atoms with Crippen LogP contribution in [0.2, 0.25) is 0 Å². The van der Waals surface area contributed by atoms with Gasteiger partial charge in [-0.15, -0.1) is 0 Å². The molecule has 6 fully saturated rings. The highest BCUT2D eigenvalue weighted by molar-refractivity contribution is 7.09. The third-order valence-electron chi connectivity index (χ3n) is 7.70. The Labute approximate surface area is 159 Å². The van der Waals surface area contributed by atoms with Crippen molar-refractivity contribution in [3.63, 3.8) is 0 Å². The van der Waals surface area contributed by atoms with Crippen LogP contribution in [0.4, 0.5) is 5.13 Å². The lowest BCUT2D eigenvalue weighted by molar-refractivity contribution is -0.158. The van der Waals surface area contributed by atoms with E-state index in [0.29, 0.717) is 11.8 Å². The number of carbonyl (C=O) groups is 1. The maximum Gasteiger partial charge on any atom is 0.228 e. The molecule has 1 aromatic rings. The van der Waals surface area contributed by atoms with Crippen molar-refractivity contribution in [2.24, 2.45) is 23.2 Å². The molecule has 1 amide bonds. The molecule has 5 saturated carbocycles. The molecule has 0 spiro atoms. The Kier molecular flexibility index (Phi) is 3.45. The standard InChI is InChI=1S/C20H28N4OS/c25-18(20-10-13-7-14(11-20)9-15(8-13)12-20)23-3-5-24(6-4-23)19-21-17(22-26-19)16-1-2-16/h13-16H,1-12H2. The average Bonchev–Trinajstić information content (AvgIpc) is 3.37. The molecule has 0 radical (unpaired) electrons. The summed E-state index contributed by atoms with van der Waals surface area (Å²) in [5, 5.41) is 1.06. The molecule has 1 aromatic heterocycles. The van der Waals surface area contributed by atoms with E-state index in [0.717, 1.165) is 54.9 Å². The number of piperazine rings is 1. The lowest BCUT2D eigenvalue weighted by Gasteiger charge is -2.57. The predicted molar refractivity (Wildman–Crippen MR) is 101 cm³/mol. The summed E-state index contributed by atoms with van der Waals surface area (Å²) in [6.07, 6.45) is 10.3. The van der Waals surface area contributed by atoms with Crippen LogP contribution >= 0.6 is 11.5 Å². The molecule has 1 aliphatic heterocycles. The maximum absolute atomic E-state index is 13.5. The van der Waals surface area contributed by atoms with Crippen LogP contribution in [-0.4, -0.2) is 46.3 Å². The van der Waals surface area contributed by atoms with E-state index in [2.05, 4.69) is 14.2 Å². The molecular weight excluding hydrogens is 344 g/mol. The number of aromatic nitrogens is 2. The second-order valence-electron chi connectivity index (χ2n) is 9.69. The molecule has 0 unspecified atom stereocenters. The van der Waals surface area contributed by atoms with Crippen LogP contribution in [0.25, 0.3) is 0 Å². The second kappa shape index (κ2) is 5.66. The highest BCUT2D eigenvalue weighted by atomic mass is 32.1. The third-order valence-corrected chi connectivity index (χ3v) is 8.49. The van der Waals surface area contributed by atoms with Gasteiger partial charge in [0.1, 0.15) is 5.82 Å². The normalized spacial score (nSPS) is 38.8. The summed E-state index contributed by atoms with van der Waals surface area (Å²) < 4.78 is 4.54. The van der Waals surface area contributed by atoms with Crippen LogP contribution in [0.15, 0.2) is 0 Å². The van der Waals surface area contributed by atoms with Crippen LogP contribution < -0.4 is 4.90 Å². The van der Waals surface area contributed by atoms with Gasteiger partial charge in [-0.25, -0.2) is 4.98 Å². The molecule has 26 heavy (non-hydrogen) atoms. The quantitative estimate of drug-likeness (QED) is 0.817. The highest BCUT2D eigenvalue weighted by Crippen LogP contribution is 2.60. The number of anilines is 1. The smallest absolute Gasteiger partial charge is 0.228 e. The molecule has 0 atom stereocenters. The third kappa shape index (κ3) is 2.51. The first-order valence-electron chi connectivity index (χ1n) is 10.6. The second-order valence-corrected chi connectivity index (χ2v) is 10.4. The van der Waals surface area contributed by atoms with E-state index >= 15 is 0 Å². The number of rotatable bonds is 3. The van der Waals surface area contributed by atoms with Crippen LogP contribution in [0.1, 0.15) is 63.1 Å². The first-order valence-corrected chi connectivity index (χ1v) is 11.3. The Morgan fingerprint density at radius 1 is 0.962 bits per heavy atom. The molecule has 7 rings (SSSR count). The zero-order valence-corrected chi connectivity index (χ0v) is 16.2. The van der Waals surface area contributed by atoms with Crippen molar-refractivity contribution in [2.75, 3.05) is 31.1 Å². The van der Waals surface area contributed by atoms with Gasteiger partial charge >= 0.3 is 0 Å². The summed E-state index contributed by atoms with van der Waals surface area (Å²) in [5.41, 5.74) is 0.0127. The summed E-state index contributed by atoms with van der Waals surface area (Å²) >= 11 is 1.54. The summed E-state index contributed by atoms with van der Waals surface area (Å²) in [6.45, 7) is 3.55. The maximum atomic E-state index is 13.5. The van der Waals surface area contributed by atoms with Crippen molar-refractivity contribution in [3.05, 3.63) is 5.82 Å². The monoisotopic (exact) mass is 372 g/mol. The van der Waals surface area contributed by atoms with Gasteiger partial charge in [0.05, 0.1) is 5.41 Å². The Morgan fingerprint density at radius 3 is 2.15 bits per heavy atom. The van der Waals surface area contributed by atoms with Gasteiger partial charge < -0.3 is 9.80 Å². The number of amides is 1. The van der Waals surface area contributed by atoms with Crippen LogP contribution in [-0.2, 0) is 4.79 Å². The van der Waals surface area contributed by atoms with E-state index in [-0.39, 0.29) is 5.41 Å². The lowest BCUT2D eigenvalue weighted by atomic mass is 9.49. The van der Waals surface area contributed by atoms with E-state index in [9.17, 15) is 4.79 Å². The summed E-state index contributed by atoms with van der Waals surface area (Å²) in [5.74, 6) is 4.69. The van der Waals surface area contributed by atoms with Crippen LogP contribution in [0.5, 0.6) is 0 Å². The fourth-order valence-corrected chi connectivity index (χ4v) is 7.47. The van der Waals surface area contributed by atoms with Crippen LogP contribution in [0, 0.1) is 23.2 Å². The van der Waals surface area contributed by atoms with E-state index in [1.165, 1.54) is 51.4 Å². The van der Waals surface area contributed by atoms with Gasteiger partial charge in [0.15, 0.2) is 0 Å². The Balaban J connectivity index is 1.13. The van der Waals surface area contributed by atoms with Crippen molar-refractivity contribution in [2.45, 2.75) is 57.3 Å². The van der Waals surface area contributed by atoms with Gasteiger partial charge in [0.2, 0.25) is 11.0 Å². The molecule has 4 bridgehead atoms. The van der Waals surface area contributed by atoms with Gasteiger partial charge in [-0.1, -0.05) is 0 Å².